The molecule has 1 aliphatic rings. The Hall–Kier alpha value is -1.09. The molecule has 0 bridgehead atoms. The predicted molar refractivity (Wildman–Crippen MR) is 78.3 cm³/mol. The van der Waals surface area contributed by atoms with Gasteiger partial charge in [-0.2, -0.15) is 0 Å². The van der Waals surface area contributed by atoms with Crippen LogP contribution in [0.2, 0.25) is 0 Å². The minimum Gasteiger partial charge on any atom is -0.489 e. The van der Waals surface area contributed by atoms with Crippen LogP contribution in [0.25, 0.3) is 0 Å². The lowest BCUT2D eigenvalue weighted by Gasteiger charge is -2.21. The van der Waals surface area contributed by atoms with E-state index in [9.17, 15) is 0 Å². The Labute approximate surface area is 116 Å². The van der Waals surface area contributed by atoms with Gasteiger partial charge in [0.15, 0.2) is 0 Å². The summed E-state index contributed by atoms with van der Waals surface area (Å²) >= 11 is 0. The molecule has 0 aliphatic heterocycles. The van der Waals surface area contributed by atoms with Crippen LogP contribution in [0.3, 0.4) is 0 Å². The SMILES string of the molecule is CCNC(c1cncc(OC(C)C)c1)C1CC1(C)C. The van der Waals surface area contributed by atoms with Crippen molar-refractivity contribution in [1.29, 1.82) is 0 Å². The Morgan fingerprint density at radius 3 is 2.63 bits per heavy atom. The minimum atomic E-state index is 0.187. The molecule has 0 amide bonds. The van der Waals surface area contributed by atoms with Gasteiger partial charge < -0.3 is 10.1 Å². The highest BCUT2D eigenvalue weighted by molar-refractivity contribution is 5.28. The van der Waals surface area contributed by atoms with Crippen molar-refractivity contribution in [2.75, 3.05) is 6.54 Å². The second-order valence-corrected chi connectivity index (χ2v) is 6.46. The number of rotatable bonds is 6. The maximum atomic E-state index is 5.74. The second kappa shape index (κ2) is 5.49. The van der Waals surface area contributed by atoms with Crippen LogP contribution in [0.5, 0.6) is 5.75 Å². The lowest BCUT2D eigenvalue weighted by atomic mass is 9.98. The highest BCUT2D eigenvalue weighted by atomic mass is 16.5. The smallest absolute Gasteiger partial charge is 0.138 e. The van der Waals surface area contributed by atoms with Crippen LogP contribution in [-0.4, -0.2) is 17.6 Å². The zero-order valence-corrected chi connectivity index (χ0v) is 12.7. The first-order valence-corrected chi connectivity index (χ1v) is 7.29. The fourth-order valence-electron chi connectivity index (χ4n) is 2.73. The van der Waals surface area contributed by atoms with Crippen molar-refractivity contribution in [2.45, 2.75) is 53.2 Å². The van der Waals surface area contributed by atoms with Gasteiger partial charge in [0.1, 0.15) is 5.75 Å². The Morgan fingerprint density at radius 1 is 1.42 bits per heavy atom. The molecule has 2 rings (SSSR count). The first-order chi connectivity index (χ1) is 8.94. The highest BCUT2D eigenvalue weighted by Crippen LogP contribution is 2.57. The van der Waals surface area contributed by atoms with Crippen molar-refractivity contribution in [3.05, 3.63) is 24.0 Å². The van der Waals surface area contributed by atoms with E-state index >= 15 is 0 Å². The van der Waals surface area contributed by atoms with Gasteiger partial charge in [-0.15, -0.1) is 0 Å². The third-order valence-corrected chi connectivity index (χ3v) is 3.88. The average molecular weight is 262 g/mol. The summed E-state index contributed by atoms with van der Waals surface area (Å²) in [6.45, 7) is 11.9. The first kappa shape index (κ1) is 14.3. The summed E-state index contributed by atoms with van der Waals surface area (Å²) in [7, 11) is 0. The topological polar surface area (TPSA) is 34.2 Å². The molecule has 3 nitrogen and oxygen atoms in total. The van der Waals surface area contributed by atoms with Crippen LogP contribution in [0.1, 0.15) is 52.6 Å². The molecule has 0 radical (unpaired) electrons. The number of ether oxygens (including phenoxy) is 1. The first-order valence-electron chi connectivity index (χ1n) is 7.29. The van der Waals surface area contributed by atoms with E-state index in [-0.39, 0.29) is 6.10 Å². The van der Waals surface area contributed by atoms with Crippen molar-refractivity contribution < 1.29 is 4.74 Å². The van der Waals surface area contributed by atoms with E-state index in [1.165, 1.54) is 12.0 Å². The molecule has 2 unspecified atom stereocenters. The van der Waals surface area contributed by atoms with E-state index in [0.717, 1.165) is 12.3 Å². The Bertz CT molecular complexity index is 429. The molecule has 0 aromatic carbocycles. The van der Waals surface area contributed by atoms with Gasteiger partial charge in [-0.1, -0.05) is 20.8 Å². The van der Waals surface area contributed by atoms with Crippen molar-refractivity contribution in [3.63, 3.8) is 0 Å². The number of aromatic nitrogens is 1. The molecule has 0 saturated heterocycles. The van der Waals surface area contributed by atoms with Gasteiger partial charge in [-0.25, -0.2) is 0 Å². The van der Waals surface area contributed by atoms with Gasteiger partial charge in [-0.3, -0.25) is 4.98 Å². The number of pyridine rings is 1. The molecule has 1 heterocycles. The maximum Gasteiger partial charge on any atom is 0.138 e. The fraction of sp³-hybridized carbons (Fsp3) is 0.688. The molecule has 3 heteroatoms. The zero-order chi connectivity index (χ0) is 14.0. The molecule has 19 heavy (non-hydrogen) atoms. The van der Waals surface area contributed by atoms with Crippen molar-refractivity contribution >= 4 is 0 Å². The van der Waals surface area contributed by atoms with Gasteiger partial charge in [-0.05, 0) is 49.8 Å². The Morgan fingerprint density at radius 2 is 2.11 bits per heavy atom. The van der Waals surface area contributed by atoms with E-state index in [4.69, 9.17) is 4.74 Å². The number of nitrogens with one attached hydrogen (secondary N) is 1. The quantitative estimate of drug-likeness (QED) is 0.851. The van der Waals surface area contributed by atoms with E-state index in [1.54, 1.807) is 6.20 Å². The van der Waals surface area contributed by atoms with Gasteiger partial charge in [0, 0.05) is 12.2 Å². The largest absolute Gasteiger partial charge is 0.489 e. The van der Waals surface area contributed by atoms with Crippen LogP contribution < -0.4 is 10.1 Å². The summed E-state index contributed by atoms with van der Waals surface area (Å²) in [6.07, 6.45) is 5.23. The molecular weight excluding hydrogens is 236 g/mol. The summed E-state index contributed by atoms with van der Waals surface area (Å²) in [5.74, 6) is 1.57. The predicted octanol–water partition coefficient (Wildman–Crippen LogP) is 3.57. The standard InChI is InChI=1S/C16H26N2O/c1-6-18-15(14-8-16(14,4)5)12-7-13(10-17-9-12)19-11(2)3/h7,9-11,14-15,18H,6,8H2,1-5H3. The summed E-state index contributed by atoms with van der Waals surface area (Å²) in [6, 6.07) is 2.53. The highest BCUT2D eigenvalue weighted by Gasteiger charge is 2.50. The Kier molecular flexibility index (Phi) is 4.14. The Balaban J connectivity index is 2.17. The van der Waals surface area contributed by atoms with Gasteiger partial charge in [0.05, 0.1) is 12.3 Å². The summed E-state index contributed by atoms with van der Waals surface area (Å²) in [5, 5.41) is 3.60. The third kappa shape index (κ3) is 3.47. The average Bonchev–Trinajstić information content (AvgIpc) is 2.94. The van der Waals surface area contributed by atoms with Gasteiger partial charge in [0.25, 0.3) is 0 Å². The van der Waals surface area contributed by atoms with E-state index in [0.29, 0.717) is 17.4 Å². The molecule has 1 saturated carbocycles. The minimum absolute atomic E-state index is 0.187. The van der Waals surface area contributed by atoms with Gasteiger partial charge >= 0.3 is 0 Å². The normalized spacial score (nSPS) is 22.3. The molecule has 1 aromatic rings. The van der Waals surface area contributed by atoms with Crippen LogP contribution >= 0.6 is 0 Å². The number of nitrogens with zero attached hydrogens (tertiary/aromatic N) is 1. The van der Waals surface area contributed by atoms with Crippen LogP contribution in [0, 0.1) is 11.3 Å². The number of hydrogen-bond donors (Lipinski definition) is 1. The lowest BCUT2D eigenvalue weighted by molar-refractivity contribution is 0.241. The molecular formula is C16H26N2O. The van der Waals surface area contributed by atoms with E-state index in [2.05, 4.69) is 37.1 Å². The van der Waals surface area contributed by atoms with Crippen LogP contribution in [-0.2, 0) is 0 Å². The summed E-state index contributed by atoms with van der Waals surface area (Å²) in [5.41, 5.74) is 1.69. The molecule has 2 atom stereocenters. The molecule has 106 valence electrons. The van der Waals surface area contributed by atoms with Crippen LogP contribution in [0.15, 0.2) is 18.5 Å². The molecule has 1 fully saturated rings. The van der Waals surface area contributed by atoms with E-state index < -0.39 is 0 Å². The van der Waals surface area contributed by atoms with Crippen molar-refractivity contribution in [2.24, 2.45) is 11.3 Å². The van der Waals surface area contributed by atoms with E-state index in [1.807, 2.05) is 20.0 Å². The maximum absolute atomic E-state index is 5.74. The van der Waals surface area contributed by atoms with Crippen molar-refractivity contribution in [1.82, 2.24) is 10.3 Å². The lowest BCUT2D eigenvalue weighted by Crippen LogP contribution is -2.24. The zero-order valence-electron chi connectivity index (χ0n) is 12.7. The third-order valence-electron chi connectivity index (χ3n) is 3.88. The summed E-state index contributed by atoms with van der Waals surface area (Å²) in [4.78, 5) is 4.33. The van der Waals surface area contributed by atoms with Crippen LogP contribution in [0.4, 0.5) is 0 Å². The fourth-order valence-corrected chi connectivity index (χ4v) is 2.73. The second-order valence-electron chi connectivity index (χ2n) is 6.46. The number of hydrogen-bond acceptors (Lipinski definition) is 3. The molecule has 1 N–H and O–H groups in total. The van der Waals surface area contributed by atoms with Crippen molar-refractivity contribution in [3.8, 4) is 5.75 Å². The molecule has 0 spiro atoms. The molecule has 1 aliphatic carbocycles. The monoisotopic (exact) mass is 262 g/mol. The van der Waals surface area contributed by atoms with Gasteiger partial charge in [0.2, 0.25) is 0 Å². The summed E-state index contributed by atoms with van der Waals surface area (Å²) < 4.78 is 5.74. The molecule has 1 aromatic heterocycles.